The minimum atomic E-state index is -0.348. The molecule has 1 saturated heterocycles. The van der Waals surface area contributed by atoms with Gasteiger partial charge in [-0.2, -0.15) is 0 Å². The second kappa shape index (κ2) is 7.03. The van der Waals surface area contributed by atoms with Gasteiger partial charge in [0.2, 0.25) is 0 Å². The van der Waals surface area contributed by atoms with Gasteiger partial charge in [0, 0.05) is 24.7 Å². The quantitative estimate of drug-likeness (QED) is 0.925. The number of carbonyl (C=O) groups excluding carboxylic acids is 1. The van der Waals surface area contributed by atoms with E-state index < -0.39 is 0 Å². The first-order valence-electron chi connectivity index (χ1n) is 7.76. The highest BCUT2D eigenvalue weighted by atomic mass is 19.1. The Kier molecular flexibility index (Phi) is 5.34. The summed E-state index contributed by atoms with van der Waals surface area (Å²) in [5.74, 6) is 0.0965. The second-order valence-corrected chi connectivity index (χ2v) is 6.28. The van der Waals surface area contributed by atoms with Crippen LogP contribution in [-0.4, -0.2) is 36.5 Å². The summed E-state index contributed by atoms with van der Waals surface area (Å²) in [6.45, 7) is 8.57. The lowest BCUT2D eigenvalue weighted by molar-refractivity contribution is 0.0671. The standard InChI is InChI=1S/C17H25FN2O/c1-12(2)19-10-14-5-4-8-20(11-14)17(21)16-9-15(18)7-6-13(16)3/h6-7,9,12,14,19H,4-5,8,10-11H2,1-3H3. The monoisotopic (exact) mass is 292 g/mol. The molecule has 0 saturated carbocycles. The van der Waals surface area contributed by atoms with Crippen LogP contribution in [-0.2, 0) is 0 Å². The molecule has 1 aliphatic heterocycles. The largest absolute Gasteiger partial charge is 0.338 e. The van der Waals surface area contributed by atoms with Crippen molar-refractivity contribution in [2.45, 2.75) is 39.7 Å². The molecule has 3 nitrogen and oxygen atoms in total. The van der Waals surface area contributed by atoms with Crippen molar-refractivity contribution in [1.82, 2.24) is 10.2 Å². The lowest BCUT2D eigenvalue weighted by Crippen LogP contribution is -2.44. The molecule has 1 atom stereocenters. The number of piperidine rings is 1. The van der Waals surface area contributed by atoms with Crippen LogP contribution >= 0.6 is 0 Å². The zero-order valence-electron chi connectivity index (χ0n) is 13.2. The molecular weight excluding hydrogens is 267 g/mol. The van der Waals surface area contributed by atoms with Gasteiger partial charge >= 0.3 is 0 Å². The van der Waals surface area contributed by atoms with Gasteiger partial charge < -0.3 is 10.2 Å². The Hall–Kier alpha value is -1.42. The molecule has 1 aromatic carbocycles. The Bertz CT molecular complexity index is 502. The Balaban J connectivity index is 2.03. The summed E-state index contributed by atoms with van der Waals surface area (Å²) in [4.78, 5) is 14.5. The van der Waals surface area contributed by atoms with E-state index in [9.17, 15) is 9.18 Å². The fraction of sp³-hybridized carbons (Fsp3) is 0.588. The number of hydrogen-bond donors (Lipinski definition) is 1. The number of hydrogen-bond acceptors (Lipinski definition) is 2. The van der Waals surface area contributed by atoms with E-state index >= 15 is 0 Å². The topological polar surface area (TPSA) is 32.3 Å². The van der Waals surface area contributed by atoms with Gasteiger partial charge in [0.15, 0.2) is 0 Å². The molecule has 1 N–H and O–H groups in total. The zero-order chi connectivity index (χ0) is 15.4. The summed E-state index contributed by atoms with van der Waals surface area (Å²) >= 11 is 0. The molecule has 116 valence electrons. The maximum absolute atomic E-state index is 13.4. The summed E-state index contributed by atoms with van der Waals surface area (Å²) in [6.07, 6.45) is 2.16. The van der Waals surface area contributed by atoms with Crippen LogP contribution in [0.5, 0.6) is 0 Å². The lowest BCUT2D eigenvalue weighted by Gasteiger charge is -2.33. The number of amides is 1. The van der Waals surface area contributed by atoms with E-state index in [1.807, 2.05) is 11.8 Å². The molecule has 1 unspecified atom stereocenters. The third-order valence-corrected chi connectivity index (χ3v) is 4.05. The van der Waals surface area contributed by atoms with Crippen molar-refractivity contribution in [1.29, 1.82) is 0 Å². The average molecular weight is 292 g/mol. The van der Waals surface area contributed by atoms with Crippen molar-refractivity contribution in [3.05, 3.63) is 35.1 Å². The van der Waals surface area contributed by atoms with E-state index in [1.165, 1.54) is 12.1 Å². The first-order chi connectivity index (χ1) is 9.97. The molecule has 2 rings (SSSR count). The lowest BCUT2D eigenvalue weighted by atomic mass is 9.96. The molecular formula is C17H25FN2O. The number of halogens is 1. The Morgan fingerprint density at radius 2 is 2.24 bits per heavy atom. The SMILES string of the molecule is Cc1ccc(F)cc1C(=O)N1CCCC(CNC(C)C)C1. The van der Waals surface area contributed by atoms with Gasteiger partial charge in [0.25, 0.3) is 5.91 Å². The summed E-state index contributed by atoms with van der Waals surface area (Å²) in [5, 5.41) is 3.44. The van der Waals surface area contributed by atoms with Crippen molar-refractivity contribution in [2.24, 2.45) is 5.92 Å². The van der Waals surface area contributed by atoms with Crippen LogP contribution in [0.15, 0.2) is 18.2 Å². The minimum Gasteiger partial charge on any atom is -0.338 e. The van der Waals surface area contributed by atoms with Crippen LogP contribution in [0.4, 0.5) is 4.39 Å². The second-order valence-electron chi connectivity index (χ2n) is 6.28. The van der Waals surface area contributed by atoms with Gasteiger partial charge in [0.1, 0.15) is 5.82 Å². The average Bonchev–Trinajstić information content (AvgIpc) is 2.47. The number of likely N-dealkylation sites (tertiary alicyclic amines) is 1. The van der Waals surface area contributed by atoms with Gasteiger partial charge in [-0.25, -0.2) is 4.39 Å². The van der Waals surface area contributed by atoms with E-state index in [4.69, 9.17) is 0 Å². The summed E-state index contributed by atoms with van der Waals surface area (Å²) in [5.41, 5.74) is 1.33. The van der Waals surface area contributed by atoms with E-state index in [1.54, 1.807) is 6.07 Å². The Morgan fingerprint density at radius 3 is 2.95 bits per heavy atom. The maximum Gasteiger partial charge on any atom is 0.254 e. The first kappa shape index (κ1) is 16.0. The van der Waals surface area contributed by atoms with E-state index in [0.717, 1.165) is 38.0 Å². The number of nitrogens with one attached hydrogen (secondary N) is 1. The van der Waals surface area contributed by atoms with Crippen molar-refractivity contribution >= 4 is 5.91 Å². The Morgan fingerprint density at radius 1 is 1.48 bits per heavy atom. The highest BCUT2D eigenvalue weighted by Gasteiger charge is 2.25. The van der Waals surface area contributed by atoms with Crippen LogP contribution in [0.3, 0.4) is 0 Å². The van der Waals surface area contributed by atoms with E-state index in [2.05, 4.69) is 19.2 Å². The number of benzene rings is 1. The van der Waals surface area contributed by atoms with Crippen LogP contribution < -0.4 is 5.32 Å². The number of nitrogens with zero attached hydrogens (tertiary/aromatic N) is 1. The van der Waals surface area contributed by atoms with Crippen molar-refractivity contribution in [2.75, 3.05) is 19.6 Å². The van der Waals surface area contributed by atoms with E-state index in [-0.39, 0.29) is 11.7 Å². The maximum atomic E-state index is 13.4. The Labute approximate surface area is 126 Å². The molecule has 0 bridgehead atoms. The molecule has 0 radical (unpaired) electrons. The van der Waals surface area contributed by atoms with Gasteiger partial charge in [-0.05, 0) is 49.9 Å². The van der Waals surface area contributed by atoms with E-state index in [0.29, 0.717) is 17.5 Å². The molecule has 1 amide bonds. The molecule has 1 aromatic rings. The number of rotatable bonds is 4. The molecule has 0 aliphatic carbocycles. The van der Waals surface area contributed by atoms with Crippen molar-refractivity contribution in [3.8, 4) is 0 Å². The fourth-order valence-corrected chi connectivity index (χ4v) is 2.81. The van der Waals surface area contributed by atoms with Crippen LogP contribution in [0.2, 0.25) is 0 Å². The predicted octanol–water partition coefficient (Wildman–Crippen LogP) is 2.98. The van der Waals surface area contributed by atoms with Crippen LogP contribution in [0.1, 0.15) is 42.6 Å². The molecule has 21 heavy (non-hydrogen) atoms. The number of aryl methyl sites for hydroxylation is 1. The highest BCUT2D eigenvalue weighted by Crippen LogP contribution is 2.20. The molecule has 1 fully saturated rings. The highest BCUT2D eigenvalue weighted by molar-refractivity contribution is 5.95. The van der Waals surface area contributed by atoms with Gasteiger partial charge in [0.05, 0.1) is 0 Å². The molecule has 0 spiro atoms. The summed E-state index contributed by atoms with van der Waals surface area (Å²) in [6, 6.07) is 4.89. The van der Waals surface area contributed by atoms with Gasteiger partial charge in [-0.15, -0.1) is 0 Å². The molecule has 0 aromatic heterocycles. The third kappa shape index (κ3) is 4.27. The van der Waals surface area contributed by atoms with Crippen molar-refractivity contribution in [3.63, 3.8) is 0 Å². The third-order valence-electron chi connectivity index (χ3n) is 4.05. The minimum absolute atomic E-state index is 0.0405. The fourth-order valence-electron chi connectivity index (χ4n) is 2.81. The molecule has 4 heteroatoms. The first-order valence-corrected chi connectivity index (χ1v) is 7.76. The molecule has 1 heterocycles. The van der Waals surface area contributed by atoms with Gasteiger partial charge in [-0.1, -0.05) is 19.9 Å². The summed E-state index contributed by atoms with van der Waals surface area (Å²) in [7, 11) is 0. The smallest absolute Gasteiger partial charge is 0.254 e. The normalized spacial score (nSPS) is 19.1. The van der Waals surface area contributed by atoms with Crippen LogP contribution in [0.25, 0.3) is 0 Å². The van der Waals surface area contributed by atoms with Crippen molar-refractivity contribution < 1.29 is 9.18 Å². The number of carbonyl (C=O) groups is 1. The predicted molar refractivity (Wildman–Crippen MR) is 82.9 cm³/mol. The van der Waals surface area contributed by atoms with Crippen LogP contribution in [0, 0.1) is 18.7 Å². The molecule has 1 aliphatic rings. The summed E-state index contributed by atoms with van der Waals surface area (Å²) < 4.78 is 13.4. The zero-order valence-corrected chi connectivity index (χ0v) is 13.2. The van der Waals surface area contributed by atoms with Gasteiger partial charge in [-0.3, -0.25) is 4.79 Å².